The van der Waals surface area contributed by atoms with Crippen molar-refractivity contribution >= 4 is 15.8 Å². The highest BCUT2D eigenvalue weighted by Gasteiger charge is 2.33. The van der Waals surface area contributed by atoms with Crippen LogP contribution in [0, 0.1) is 0 Å². The van der Waals surface area contributed by atoms with Gasteiger partial charge in [0.2, 0.25) is 10.0 Å². The van der Waals surface area contributed by atoms with Gasteiger partial charge < -0.3 is 5.73 Å². The van der Waals surface area contributed by atoms with Crippen molar-refractivity contribution in [1.29, 1.82) is 0 Å². The van der Waals surface area contributed by atoms with Gasteiger partial charge in [-0.25, -0.2) is 13.4 Å². The smallest absolute Gasteiger partial charge is 0.244 e. The Morgan fingerprint density at radius 2 is 1.90 bits per heavy atom. The van der Waals surface area contributed by atoms with Gasteiger partial charge in [0, 0.05) is 25.3 Å². The number of rotatable bonds is 3. The van der Waals surface area contributed by atoms with Crippen LogP contribution in [0.3, 0.4) is 0 Å². The molecule has 3 rings (SSSR count). The molecule has 0 spiro atoms. The number of likely N-dealkylation sites (tertiary alicyclic amines) is 1. The predicted molar refractivity (Wildman–Crippen MR) is 81.2 cm³/mol. The molecule has 2 aliphatic rings. The molecule has 0 radical (unpaired) electrons. The number of nitrogens with zero attached hydrogens (tertiary/aromatic N) is 3. The molecule has 0 bridgehead atoms. The van der Waals surface area contributed by atoms with E-state index in [1.54, 1.807) is 4.31 Å². The maximum Gasteiger partial charge on any atom is 0.244 e. The number of anilines is 1. The van der Waals surface area contributed by atoms with Crippen LogP contribution in [-0.4, -0.2) is 54.8 Å². The van der Waals surface area contributed by atoms with Gasteiger partial charge in [-0.3, -0.25) is 4.90 Å². The molecule has 1 aromatic heterocycles. The molecule has 0 aliphatic carbocycles. The topological polar surface area (TPSA) is 79.5 Å². The summed E-state index contributed by atoms with van der Waals surface area (Å²) in [6, 6.07) is 3.43. The molecule has 0 saturated carbocycles. The van der Waals surface area contributed by atoms with Crippen molar-refractivity contribution in [3.05, 3.63) is 18.3 Å². The van der Waals surface area contributed by atoms with E-state index < -0.39 is 10.0 Å². The normalized spacial score (nSPS) is 25.2. The van der Waals surface area contributed by atoms with Crippen molar-refractivity contribution in [2.75, 3.05) is 31.9 Å². The van der Waals surface area contributed by atoms with Crippen LogP contribution in [0.4, 0.5) is 5.82 Å². The van der Waals surface area contributed by atoms with Crippen molar-refractivity contribution in [2.45, 2.75) is 36.6 Å². The standard InChI is InChI=1S/C14H22N4O2S/c15-14-6-5-13(10-16-14)21(19,20)18-9-3-4-12(11-18)17-7-1-2-8-17/h5-6,10,12H,1-4,7-9,11H2,(H2,15,16). The van der Waals surface area contributed by atoms with Crippen LogP contribution in [-0.2, 0) is 10.0 Å². The average Bonchev–Trinajstić information content (AvgIpc) is 3.02. The Morgan fingerprint density at radius 1 is 1.14 bits per heavy atom. The first kappa shape index (κ1) is 14.7. The lowest BCUT2D eigenvalue weighted by Crippen LogP contribution is -2.48. The summed E-state index contributed by atoms with van der Waals surface area (Å²) >= 11 is 0. The Morgan fingerprint density at radius 3 is 2.57 bits per heavy atom. The summed E-state index contributed by atoms with van der Waals surface area (Å²) in [5.74, 6) is 0.336. The van der Waals surface area contributed by atoms with Gasteiger partial charge in [-0.15, -0.1) is 0 Å². The zero-order chi connectivity index (χ0) is 14.9. The number of nitrogen functional groups attached to an aromatic ring is 1. The van der Waals surface area contributed by atoms with E-state index in [4.69, 9.17) is 5.73 Å². The highest BCUT2D eigenvalue weighted by atomic mass is 32.2. The lowest BCUT2D eigenvalue weighted by atomic mass is 10.1. The fourth-order valence-electron chi connectivity index (χ4n) is 3.24. The van der Waals surface area contributed by atoms with Crippen LogP contribution in [0.15, 0.2) is 23.2 Å². The molecule has 1 atom stereocenters. The molecule has 6 nitrogen and oxygen atoms in total. The molecule has 1 unspecified atom stereocenters. The summed E-state index contributed by atoms with van der Waals surface area (Å²) in [7, 11) is -3.45. The summed E-state index contributed by atoms with van der Waals surface area (Å²) in [6.07, 6.45) is 5.81. The minimum atomic E-state index is -3.45. The molecule has 21 heavy (non-hydrogen) atoms. The summed E-state index contributed by atoms with van der Waals surface area (Å²) in [5, 5.41) is 0. The van der Waals surface area contributed by atoms with E-state index in [-0.39, 0.29) is 4.90 Å². The third-order valence-electron chi connectivity index (χ3n) is 4.41. The number of hydrogen-bond acceptors (Lipinski definition) is 5. The Balaban J connectivity index is 1.76. The van der Waals surface area contributed by atoms with Crippen LogP contribution < -0.4 is 5.73 Å². The molecule has 116 valence electrons. The monoisotopic (exact) mass is 310 g/mol. The quantitative estimate of drug-likeness (QED) is 0.898. The zero-order valence-electron chi connectivity index (χ0n) is 12.1. The number of sulfonamides is 1. The minimum absolute atomic E-state index is 0.235. The molecule has 1 aromatic rings. The van der Waals surface area contributed by atoms with Crippen LogP contribution in [0.5, 0.6) is 0 Å². The summed E-state index contributed by atoms with van der Waals surface area (Å²) in [6.45, 7) is 3.38. The fraction of sp³-hybridized carbons (Fsp3) is 0.643. The maximum atomic E-state index is 12.7. The van der Waals surface area contributed by atoms with Gasteiger partial charge in [0.15, 0.2) is 0 Å². The highest BCUT2D eigenvalue weighted by Crippen LogP contribution is 2.25. The zero-order valence-corrected chi connectivity index (χ0v) is 12.9. The Kier molecular flexibility index (Phi) is 4.14. The Bertz CT molecular complexity index is 581. The SMILES string of the molecule is Nc1ccc(S(=O)(=O)N2CCCC(N3CCCC3)C2)cn1. The molecule has 2 aliphatic heterocycles. The first-order valence-electron chi connectivity index (χ1n) is 7.53. The lowest BCUT2D eigenvalue weighted by molar-refractivity contribution is 0.162. The molecule has 7 heteroatoms. The number of hydrogen-bond donors (Lipinski definition) is 1. The van der Waals surface area contributed by atoms with E-state index in [0.717, 1.165) is 25.9 Å². The van der Waals surface area contributed by atoms with E-state index in [1.165, 1.54) is 31.2 Å². The van der Waals surface area contributed by atoms with Crippen LogP contribution in [0.2, 0.25) is 0 Å². The number of nitrogens with two attached hydrogens (primary N) is 1. The maximum absolute atomic E-state index is 12.7. The van der Waals surface area contributed by atoms with Gasteiger partial charge in [0.25, 0.3) is 0 Å². The van der Waals surface area contributed by atoms with E-state index in [2.05, 4.69) is 9.88 Å². The second-order valence-electron chi connectivity index (χ2n) is 5.82. The van der Waals surface area contributed by atoms with Crippen LogP contribution >= 0.6 is 0 Å². The number of pyridine rings is 1. The van der Waals surface area contributed by atoms with Gasteiger partial charge in [-0.1, -0.05) is 0 Å². The van der Waals surface area contributed by atoms with E-state index >= 15 is 0 Å². The van der Waals surface area contributed by atoms with Gasteiger partial charge >= 0.3 is 0 Å². The molecule has 2 N–H and O–H groups in total. The lowest BCUT2D eigenvalue weighted by Gasteiger charge is -2.36. The van der Waals surface area contributed by atoms with Crippen LogP contribution in [0.25, 0.3) is 0 Å². The van der Waals surface area contributed by atoms with Crippen molar-refractivity contribution < 1.29 is 8.42 Å². The highest BCUT2D eigenvalue weighted by molar-refractivity contribution is 7.89. The van der Waals surface area contributed by atoms with Crippen molar-refractivity contribution in [2.24, 2.45) is 0 Å². The molecule has 3 heterocycles. The van der Waals surface area contributed by atoms with E-state index in [0.29, 0.717) is 24.9 Å². The number of piperidine rings is 1. The second-order valence-corrected chi connectivity index (χ2v) is 7.76. The van der Waals surface area contributed by atoms with Gasteiger partial charge in [0.1, 0.15) is 10.7 Å². The fourth-order valence-corrected chi connectivity index (χ4v) is 4.70. The third-order valence-corrected chi connectivity index (χ3v) is 6.26. The molecular weight excluding hydrogens is 288 g/mol. The van der Waals surface area contributed by atoms with Crippen molar-refractivity contribution in [3.8, 4) is 0 Å². The Hall–Kier alpha value is -1.18. The third kappa shape index (κ3) is 3.04. The molecule has 2 saturated heterocycles. The first-order chi connectivity index (χ1) is 10.1. The molecule has 2 fully saturated rings. The van der Waals surface area contributed by atoms with Gasteiger partial charge in [0.05, 0.1) is 0 Å². The predicted octanol–water partition coefficient (Wildman–Crippen LogP) is 0.913. The van der Waals surface area contributed by atoms with E-state index in [9.17, 15) is 8.42 Å². The van der Waals surface area contributed by atoms with E-state index in [1.807, 2.05) is 0 Å². The summed E-state index contributed by atoms with van der Waals surface area (Å²) in [5.41, 5.74) is 5.53. The summed E-state index contributed by atoms with van der Waals surface area (Å²) in [4.78, 5) is 6.57. The largest absolute Gasteiger partial charge is 0.384 e. The van der Waals surface area contributed by atoms with Crippen molar-refractivity contribution in [3.63, 3.8) is 0 Å². The first-order valence-corrected chi connectivity index (χ1v) is 8.97. The molecule has 0 amide bonds. The minimum Gasteiger partial charge on any atom is -0.384 e. The van der Waals surface area contributed by atoms with Crippen LogP contribution in [0.1, 0.15) is 25.7 Å². The number of aromatic nitrogens is 1. The van der Waals surface area contributed by atoms with Gasteiger partial charge in [-0.05, 0) is 50.9 Å². The average molecular weight is 310 g/mol. The summed E-state index contributed by atoms with van der Waals surface area (Å²) < 4.78 is 27.0. The van der Waals surface area contributed by atoms with Crippen molar-refractivity contribution in [1.82, 2.24) is 14.2 Å². The second kappa shape index (κ2) is 5.90. The Labute approximate surface area is 126 Å². The molecule has 0 aromatic carbocycles. The van der Waals surface area contributed by atoms with Gasteiger partial charge in [-0.2, -0.15) is 4.31 Å². The molecular formula is C14H22N4O2S.